The molecule has 0 aromatic heterocycles. The molecule has 9 heteroatoms. The summed E-state index contributed by atoms with van der Waals surface area (Å²) >= 11 is 0. The van der Waals surface area contributed by atoms with Crippen LogP contribution in [0.4, 0.5) is 5.69 Å². The lowest BCUT2D eigenvalue weighted by atomic mass is 9.99. The maximum atomic E-state index is 12.6. The molecule has 0 saturated heterocycles. The maximum Gasteiger partial charge on any atom is 0.333 e. The van der Waals surface area contributed by atoms with Crippen molar-refractivity contribution >= 4 is 35.8 Å². The van der Waals surface area contributed by atoms with Gasteiger partial charge in [-0.3, -0.25) is 10.2 Å². The van der Waals surface area contributed by atoms with E-state index in [1.165, 1.54) is 7.11 Å². The van der Waals surface area contributed by atoms with Crippen LogP contribution in [0.1, 0.15) is 36.1 Å². The van der Waals surface area contributed by atoms with E-state index >= 15 is 0 Å². The third-order valence-electron chi connectivity index (χ3n) is 4.24. The lowest BCUT2D eigenvalue weighted by Crippen LogP contribution is -2.25. The Labute approximate surface area is 181 Å². The fourth-order valence-electron chi connectivity index (χ4n) is 2.84. The van der Waals surface area contributed by atoms with Crippen LogP contribution in [-0.4, -0.2) is 31.4 Å². The molecular formula is C21H27ClN4O4. The molecule has 2 rings (SSSR count). The number of benzene rings is 2. The SMILES string of the molecule is CCCc1ccc(OCC(N)=O)c(C(Nc2ccc(C(=N)N)cc2)C(=O)OC)c1.Cl. The van der Waals surface area contributed by atoms with Crippen molar-refractivity contribution in [3.05, 3.63) is 59.2 Å². The number of primary amides is 1. The average molecular weight is 435 g/mol. The van der Waals surface area contributed by atoms with Crippen LogP contribution in [0.15, 0.2) is 42.5 Å². The molecule has 0 bridgehead atoms. The van der Waals surface area contributed by atoms with Gasteiger partial charge in [-0.25, -0.2) is 4.79 Å². The highest BCUT2D eigenvalue weighted by molar-refractivity contribution is 5.95. The number of amides is 1. The molecule has 2 aromatic carbocycles. The van der Waals surface area contributed by atoms with Gasteiger partial charge in [0.05, 0.1) is 7.11 Å². The molecule has 6 N–H and O–H groups in total. The number of nitrogens with two attached hydrogens (primary N) is 2. The molecule has 0 heterocycles. The Morgan fingerprint density at radius 2 is 1.80 bits per heavy atom. The summed E-state index contributed by atoms with van der Waals surface area (Å²) < 4.78 is 10.5. The first kappa shape index (κ1) is 24.8. The zero-order valence-electron chi connectivity index (χ0n) is 16.9. The monoisotopic (exact) mass is 434 g/mol. The van der Waals surface area contributed by atoms with Gasteiger partial charge in [-0.1, -0.05) is 19.4 Å². The molecule has 0 aliphatic rings. The zero-order valence-corrected chi connectivity index (χ0v) is 17.8. The highest BCUT2D eigenvalue weighted by Gasteiger charge is 2.26. The van der Waals surface area contributed by atoms with Crippen LogP contribution < -0.4 is 21.5 Å². The molecule has 8 nitrogen and oxygen atoms in total. The summed E-state index contributed by atoms with van der Waals surface area (Å²) in [6.45, 7) is 1.76. The second kappa shape index (κ2) is 11.7. The van der Waals surface area contributed by atoms with Crippen LogP contribution in [0.2, 0.25) is 0 Å². The smallest absolute Gasteiger partial charge is 0.333 e. The number of methoxy groups -OCH3 is 1. The normalized spacial score (nSPS) is 11.0. The molecule has 30 heavy (non-hydrogen) atoms. The highest BCUT2D eigenvalue weighted by Crippen LogP contribution is 2.31. The molecule has 162 valence electrons. The van der Waals surface area contributed by atoms with Gasteiger partial charge in [0.15, 0.2) is 12.6 Å². The summed E-state index contributed by atoms with van der Waals surface area (Å²) in [5.74, 6) is -0.809. The van der Waals surface area contributed by atoms with Crippen LogP contribution in [0.25, 0.3) is 0 Å². The predicted octanol–water partition coefficient (Wildman–Crippen LogP) is 2.54. The number of carbonyl (C=O) groups excluding carboxylic acids is 2. The summed E-state index contributed by atoms with van der Waals surface area (Å²) in [7, 11) is 1.30. The van der Waals surface area contributed by atoms with Crippen molar-refractivity contribution in [3.63, 3.8) is 0 Å². The van der Waals surface area contributed by atoms with E-state index in [4.69, 9.17) is 26.4 Å². The van der Waals surface area contributed by atoms with E-state index in [1.54, 1.807) is 30.3 Å². The first-order valence-corrected chi connectivity index (χ1v) is 9.18. The summed E-state index contributed by atoms with van der Waals surface area (Å²) in [5, 5.41) is 10.6. The number of carbonyl (C=O) groups is 2. The minimum absolute atomic E-state index is 0. The van der Waals surface area contributed by atoms with E-state index in [-0.39, 0.29) is 24.8 Å². The Morgan fingerprint density at radius 3 is 2.33 bits per heavy atom. The van der Waals surface area contributed by atoms with Gasteiger partial charge in [-0.05, 0) is 48.4 Å². The van der Waals surface area contributed by atoms with Gasteiger partial charge < -0.3 is 26.3 Å². The van der Waals surface area contributed by atoms with E-state index in [1.807, 2.05) is 12.1 Å². The number of ether oxygens (including phenoxy) is 2. The largest absolute Gasteiger partial charge is 0.483 e. The molecule has 0 aliphatic carbocycles. The second-order valence-electron chi connectivity index (χ2n) is 6.47. The molecule has 1 unspecified atom stereocenters. The minimum Gasteiger partial charge on any atom is -0.483 e. The van der Waals surface area contributed by atoms with Crippen molar-refractivity contribution in [1.82, 2.24) is 0 Å². The number of rotatable bonds is 10. The quantitative estimate of drug-likeness (QED) is 0.257. The molecule has 0 saturated carbocycles. The Morgan fingerprint density at radius 1 is 1.13 bits per heavy atom. The molecule has 0 fully saturated rings. The third-order valence-corrected chi connectivity index (χ3v) is 4.24. The number of amidine groups is 1. The van der Waals surface area contributed by atoms with Crippen molar-refractivity contribution < 1.29 is 19.1 Å². The number of nitrogen functional groups attached to an aromatic ring is 1. The molecule has 1 amide bonds. The standard InChI is InChI=1S/C21H26N4O4.ClH/c1-3-4-13-5-10-17(29-12-18(22)26)16(11-13)19(21(27)28-2)25-15-8-6-14(7-9-15)20(23)24;/h5-11,19,25H,3-4,12H2,1-2H3,(H2,22,26)(H3,23,24);1H. The van der Waals surface area contributed by atoms with E-state index in [9.17, 15) is 9.59 Å². The van der Waals surface area contributed by atoms with Crippen LogP contribution in [0.5, 0.6) is 5.75 Å². The van der Waals surface area contributed by atoms with Crippen LogP contribution >= 0.6 is 12.4 Å². The van der Waals surface area contributed by atoms with E-state index in [0.29, 0.717) is 22.6 Å². The van der Waals surface area contributed by atoms with Crippen LogP contribution in [0.3, 0.4) is 0 Å². The Kier molecular flexibility index (Phi) is 9.64. The fourth-order valence-corrected chi connectivity index (χ4v) is 2.84. The Hall–Kier alpha value is -3.26. The molecule has 0 spiro atoms. The van der Waals surface area contributed by atoms with Crippen LogP contribution in [-0.2, 0) is 20.7 Å². The Bertz CT molecular complexity index is 887. The van der Waals surface area contributed by atoms with Crippen molar-refractivity contribution in [2.75, 3.05) is 19.0 Å². The predicted molar refractivity (Wildman–Crippen MR) is 118 cm³/mol. The number of halogens is 1. The average Bonchev–Trinajstić information content (AvgIpc) is 2.71. The van der Waals surface area contributed by atoms with Gasteiger partial charge in [0.1, 0.15) is 11.6 Å². The summed E-state index contributed by atoms with van der Waals surface area (Å²) in [6.07, 6.45) is 1.76. The fraction of sp³-hybridized carbons (Fsp3) is 0.286. The van der Waals surface area contributed by atoms with Crippen LogP contribution in [0, 0.1) is 5.41 Å². The van der Waals surface area contributed by atoms with Crippen molar-refractivity contribution in [2.45, 2.75) is 25.8 Å². The molecule has 2 aromatic rings. The number of aryl methyl sites for hydroxylation is 1. The number of anilines is 1. The van der Waals surface area contributed by atoms with Crippen molar-refractivity contribution in [2.24, 2.45) is 11.5 Å². The van der Waals surface area contributed by atoms with Gasteiger partial charge in [0.2, 0.25) is 0 Å². The first-order chi connectivity index (χ1) is 13.8. The molecule has 0 aliphatic heterocycles. The number of esters is 1. The number of hydrogen-bond acceptors (Lipinski definition) is 6. The Balaban J connectivity index is 0.00000450. The minimum atomic E-state index is -0.872. The molecule has 1 atom stereocenters. The highest BCUT2D eigenvalue weighted by atomic mass is 35.5. The van der Waals surface area contributed by atoms with E-state index in [2.05, 4.69) is 12.2 Å². The third kappa shape index (κ3) is 6.66. The van der Waals surface area contributed by atoms with Crippen molar-refractivity contribution in [3.8, 4) is 5.75 Å². The van der Waals surface area contributed by atoms with Gasteiger partial charge in [-0.2, -0.15) is 0 Å². The summed E-state index contributed by atoms with van der Waals surface area (Å²) in [5.41, 5.74) is 13.4. The van der Waals surface area contributed by atoms with Gasteiger partial charge >= 0.3 is 5.97 Å². The molecule has 0 radical (unpaired) electrons. The first-order valence-electron chi connectivity index (χ1n) is 9.18. The van der Waals surface area contributed by atoms with E-state index in [0.717, 1.165) is 18.4 Å². The maximum absolute atomic E-state index is 12.6. The van der Waals surface area contributed by atoms with E-state index < -0.39 is 17.9 Å². The second-order valence-corrected chi connectivity index (χ2v) is 6.47. The lowest BCUT2D eigenvalue weighted by molar-refractivity contribution is -0.141. The van der Waals surface area contributed by atoms with Gasteiger partial charge in [-0.15, -0.1) is 12.4 Å². The topological polar surface area (TPSA) is 141 Å². The number of hydrogen-bond donors (Lipinski definition) is 4. The summed E-state index contributed by atoms with van der Waals surface area (Å²) in [4.78, 5) is 23.7. The zero-order chi connectivity index (χ0) is 21.4. The molecular weight excluding hydrogens is 408 g/mol. The summed E-state index contributed by atoms with van der Waals surface area (Å²) in [6, 6.07) is 11.4. The van der Waals surface area contributed by atoms with Crippen molar-refractivity contribution in [1.29, 1.82) is 5.41 Å². The van der Waals surface area contributed by atoms with Gasteiger partial charge in [0.25, 0.3) is 5.91 Å². The van der Waals surface area contributed by atoms with Gasteiger partial charge in [0, 0.05) is 16.8 Å². The lowest BCUT2D eigenvalue weighted by Gasteiger charge is -2.22. The number of nitrogens with one attached hydrogen (secondary N) is 2.